The highest BCUT2D eigenvalue weighted by atomic mass is 16.6. The molecule has 2 saturated heterocycles. The maximum atomic E-state index is 11.6. The minimum absolute atomic E-state index is 0.146. The summed E-state index contributed by atoms with van der Waals surface area (Å²) in [6.07, 6.45) is 2.90. The molecule has 0 aromatic heterocycles. The van der Waals surface area contributed by atoms with Crippen LogP contribution in [-0.2, 0) is 23.9 Å². The van der Waals surface area contributed by atoms with Gasteiger partial charge in [0.25, 0.3) is 0 Å². The highest BCUT2D eigenvalue weighted by molar-refractivity contribution is 5.95. The number of carbonyl (C=O) groups is 3. The van der Waals surface area contributed by atoms with Gasteiger partial charge in [-0.3, -0.25) is 14.4 Å². The lowest BCUT2D eigenvalue weighted by Crippen LogP contribution is -2.27. The van der Waals surface area contributed by atoms with Gasteiger partial charge >= 0.3 is 0 Å². The molecule has 0 aliphatic carbocycles. The molecule has 0 spiro atoms. The Balaban J connectivity index is 0.000000496. The van der Waals surface area contributed by atoms with E-state index in [4.69, 9.17) is 9.47 Å². The Labute approximate surface area is 215 Å². The third kappa shape index (κ3) is 13.0. The van der Waals surface area contributed by atoms with E-state index in [0.29, 0.717) is 36.5 Å². The van der Waals surface area contributed by atoms with Crippen LogP contribution in [0.2, 0.25) is 0 Å². The Morgan fingerprint density at radius 2 is 0.914 bits per heavy atom. The first kappa shape index (κ1) is 33.7. The summed E-state index contributed by atoms with van der Waals surface area (Å²) in [5.74, 6) is 2.97. The fourth-order valence-corrected chi connectivity index (χ4v) is 4.41. The van der Waals surface area contributed by atoms with E-state index in [9.17, 15) is 14.4 Å². The molecular formula is C30H54O5. The standard InChI is InChI=1S/2C10H18O2.C10H18O/c2*1-7(2)5-8(3)9(11)10(4)6-12-10;1-7(2)6-9(5)10(11)8(3)4/h2*7-8H,5-6H2,1-4H3;7,9H,3,6H2,1-2,4-5H3/t8-,10+;8-,10-;9-/m000/s1. The highest BCUT2D eigenvalue weighted by Crippen LogP contribution is 2.32. The lowest BCUT2D eigenvalue weighted by Gasteiger charge is -2.14. The van der Waals surface area contributed by atoms with Crippen molar-refractivity contribution in [2.45, 2.75) is 114 Å². The summed E-state index contributed by atoms with van der Waals surface area (Å²) >= 11 is 0. The molecule has 0 bridgehead atoms. The van der Waals surface area contributed by atoms with E-state index in [1.54, 1.807) is 6.92 Å². The first-order valence-electron chi connectivity index (χ1n) is 13.4. The molecule has 5 heteroatoms. The van der Waals surface area contributed by atoms with E-state index in [1.807, 2.05) is 34.6 Å². The summed E-state index contributed by atoms with van der Waals surface area (Å²) in [6, 6.07) is 0. The van der Waals surface area contributed by atoms with Crippen LogP contribution in [0.5, 0.6) is 0 Å². The molecule has 0 saturated carbocycles. The van der Waals surface area contributed by atoms with Crippen molar-refractivity contribution in [3.63, 3.8) is 0 Å². The van der Waals surface area contributed by atoms with Crippen molar-refractivity contribution in [1.29, 1.82) is 0 Å². The van der Waals surface area contributed by atoms with Gasteiger partial charge in [0.2, 0.25) is 0 Å². The Morgan fingerprint density at radius 1 is 0.657 bits per heavy atom. The fourth-order valence-electron chi connectivity index (χ4n) is 4.41. The van der Waals surface area contributed by atoms with Gasteiger partial charge in [-0.2, -0.15) is 0 Å². The van der Waals surface area contributed by atoms with Crippen molar-refractivity contribution in [2.75, 3.05) is 13.2 Å². The number of ether oxygens (including phenoxy) is 2. The Kier molecular flexibility index (Phi) is 13.9. The zero-order valence-corrected chi connectivity index (χ0v) is 24.7. The van der Waals surface area contributed by atoms with E-state index in [0.717, 1.165) is 19.3 Å². The zero-order chi connectivity index (χ0) is 27.7. The van der Waals surface area contributed by atoms with Gasteiger partial charge in [-0.05, 0) is 63.4 Å². The fraction of sp³-hybridized carbons (Fsp3) is 0.833. The van der Waals surface area contributed by atoms with Gasteiger partial charge < -0.3 is 9.47 Å². The average molecular weight is 495 g/mol. The van der Waals surface area contributed by atoms with Gasteiger partial charge in [0.15, 0.2) is 17.3 Å². The van der Waals surface area contributed by atoms with Gasteiger partial charge in [-0.1, -0.05) is 68.9 Å². The van der Waals surface area contributed by atoms with E-state index < -0.39 is 11.2 Å². The lowest BCUT2D eigenvalue weighted by atomic mass is 9.89. The number of allylic oxidation sites excluding steroid dienone is 1. The maximum Gasteiger partial charge on any atom is 0.169 e. The number of ketones is 3. The molecule has 5 atom stereocenters. The van der Waals surface area contributed by atoms with Crippen LogP contribution in [0, 0.1) is 35.5 Å². The molecule has 2 heterocycles. The van der Waals surface area contributed by atoms with Gasteiger partial charge in [0.1, 0.15) is 11.2 Å². The lowest BCUT2D eigenvalue weighted by molar-refractivity contribution is -0.128. The maximum absolute atomic E-state index is 11.6. The molecule has 2 fully saturated rings. The number of rotatable bonds is 12. The summed E-state index contributed by atoms with van der Waals surface area (Å²) in [5.41, 5.74) is -0.166. The summed E-state index contributed by atoms with van der Waals surface area (Å²) in [5, 5.41) is 0. The van der Waals surface area contributed by atoms with Crippen molar-refractivity contribution in [3.8, 4) is 0 Å². The number of epoxide rings is 2. The SMILES string of the molecule is C=C(C)C(=O)[C@@H](C)CC(C)C.CC(C)C[C@H](C)C(=O)[C@@]1(C)CO1.CC(C)C[C@H](C)C(=O)[C@]1(C)CO1. The molecule has 0 aromatic carbocycles. The zero-order valence-electron chi connectivity index (χ0n) is 24.7. The first-order chi connectivity index (χ1) is 15.9. The minimum Gasteiger partial charge on any atom is -0.362 e. The average Bonchev–Trinajstić information content (AvgIpc) is 3.64. The summed E-state index contributed by atoms with van der Waals surface area (Å²) in [7, 11) is 0. The third-order valence-corrected chi connectivity index (χ3v) is 6.44. The van der Waals surface area contributed by atoms with Crippen molar-refractivity contribution in [3.05, 3.63) is 12.2 Å². The minimum atomic E-state index is -0.422. The molecule has 0 aromatic rings. The number of carbonyl (C=O) groups excluding carboxylic acids is 3. The van der Waals surface area contributed by atoms with Gasteiger partial charge in [0.05, 0.1) is 13.2 Å². The number of hydrogen-bond acceptors (Lipinski definition) is 5. The van der Waals surface area contributed by atoms with Crippen molar-refractivity contribution in [1.82, 2.24) is 0 Å². The van der Waals surface area contributed by atoms with Crippen LogP contribution in [-0.4, -0.2) is 41.8 Å². The smallest absolute Gasteiger partial charge is 0.169 e. The van der Waals surface area contributed by atoms with Crippen molar-refractivity contribution < 1.29 is 23.9 Å². The quantitative estimate of drug-likeness (QED) is 0.219. The van der Waals surface area contributed by atoms with Gasteiger partial charge in [-0.25, -0.2) is 0 Å². The van der Waals surface area contributed by atoms with E-state index in [1.165, 1.54) is 0 Å². The third-order valence-electron chi connectivity index (χ3n) is 6.44. The Bertz CT molecular complexity index is 668. The molecular weight excluding hydrogens is 440 g/mol. The van der Waals surface area contributed by atoms with Crippen molar-refractivity contribution in [2.24, 2.45) is 35.5 Å². The molecule has 5 nitrogen and oxygen atoms in total. The second kappa shape index (κ2) is 14.4. The van der Waals surface area contributed by atoms with E-state index in [-0.39, 0.29) is 35.1 Å². The predicted octanol–water partition coefficient (Wildman–Crippen LogP) is 6.87. The van der Waals surface area contributed by atoms with Crippen molar-refractivity contribution >= 4 is 17.3 Å². The second-order valence-electron chi connectivity index (χ2n) is 12.5. The van der Waals surface area contributed by atoms with Crippen LogP contribution in [0.3, 0.4) is 0 Å². The molecule has 0 radical (unpaired) electrons. The topological polar surface area (TPSA) is 76.3 Å². The molecule has 35 heavy (non-hydrogen) atoms. The Hall–Kier alpha value is -1.33. The monoisotopic (exact) mass is 494 g/mol. The van der Waals surface area contributed by atoms with Crippen LogP contribution in [0.4, 0.5) is 0 Å². The second-order valence-corrected chi connectivity index (χ2v) is 12.5. The number of Topliss-reactive ketones (excluding diaryl/α,β-unsaturated/α-hetero) is 3. The normalized spacial score (nSPS) is 25.0. The summed E-state index contributed by atoms with van der Waals surface area (Å²) in [4.78, 5) is 34.6. The largest absolute Gasteiger partial charge is 0.362 e. The van der Waals surface area contributed by atoms with E-state index >= 15 is 0 Å². The summed E-state index contributed by atoms with van der Waals surface area (Å²) in [6.45, 7) is 29.2. The van der Waals surface area contributed by atoms with Crippen LogP contribution >= 0.6 is 0 Å². The van der Waals surface area contributed by atoms with Crippen LogP contribution in [0.1, 0.15) is 102 Å². The predicted molar refractivity (Wildman–Crippen MR) is 144 cm³/mol. The molecule has 0 unspecified atom stereocenters. The van der Waals surface area contributed by atoms with Crippen LogP contribution < -0.4 is 0 Å². The molecule has 2 rings (SSSR count). The molecule has 2 aliphatic rings. The highest BCUT2D eigenvalue weighted by Gasteiger charge is 2.49. The van der Waals surface area contributed by atoms with Gasteiger partial charge in [-0.15, -0.1) is 0 Å². The van der Waals surface area contributed by atoms with Gasteiger partial charge in [0, 0.05) is 17.8 Å². The van der Waals surface area contributed by atoms with Crippen LogP contribution in [0.25, 0.3) is 0 Å². The number of hydrogen-bond donors (Lipinski definition) is 0. The molecule has 204 valence electrons. The summed E-state index contributed by atoms with van der Waals surface area (Å²) < 4.78 is 10.2. The Morgan fingerprint density at radius 3 is 1.11 bits per heavy atom. The van der Waals surface area contributed by atoms with Crippen LogP contribution in [0.15, 0.2) is 12.2 Å². The van der Waals surface area contributed by atoms with E-state index in [2.05, 4.69) is 48.1 Å². The molecule has 0 amide bonds. The molecule has 0 N–H and O–H groups in total. The first-order valence-corrected chi connectivity index (χ1v) is 13.4. The molecule has 2 aliphatic heterocycles.